The second kappa shape index (κ2) is 3.59. The van der Waals surface area contributed by atoms with Gasteiger partial charge in [0.1, 0.15) is 5.75 Å². The highest BCUT2D eigenvalue weighted by molar-refractivity contribution is 5.58. The third-order valence-electron chi connectivity index (χ3n) is 1.60. The van der Waals surface area contributed by atoms with E-state index >= 15 is 0 Å². The van der Waals surface area contributed by atoms with Gasteiger partial charge in [0.25, 0.3) is 0 Å². The highest BCUT2D eigenvalue weighted by Gasteiger charge is 1.99. The van der Waals surface area contributed by atoms with Gasteiger partial charge in [-0.1, -0.05) is 12.7 Å². The second-order valence-electron chi connectivity index (χ2n) is 2.27. The lowest BCUT2D eigenvalue weighted by atomic mass is 10.1. The van der Waals surface area contributed by atoms with E-state index in [4.69, 9.17) is 10.00 Å². The molecule has 0 aliphatic heterocycles. The fraction of sp³-hybridized carbons (Fsp3) is 0.100. The number of nitrogens with zero attached hydrogens (tertiary/aromatic N) is 1. The average molecular weight is 159 g/mol. The van der Waals surface area contributed by atoms with Gasteiger partial charge < -0.3 is 4.74 Å². The summed E-state index contributed by atoms with van der Waals surface area (Å²) in [5, 5.41) is 8.67. The van der Waals surface area contributed by atoms with Crippen LogP contribution in [0.4, 0.5) is 0 Å². The Morgan fingerprint density at radius 2 is 2.33 bits per heavy atom. The van der Waals surface area contributed by atoms with E-state index in [1.807, 2.05) is 0 Å². The van der Waals surface area contributed by atoms with Crippen molar-refractivity contribution in [3.63, 3.8) is 0 Å². The molecule has 0 fully saturated rings. The summed E-state index contributed by atoms with van der Waals surface area (Å²) in [6.07, 6.45) is 1.64. The molecule has 0 aliphatic rings. The van der Waals surface area contributed by atoms with Crippen LogP contribution in [-0.2, 0) is 0 Å². The summed E-state index contributed by atoms with van der Waals surface area (Å²) >= 11 is 0. The summed E-state index contributed by atoms with van der Waals surface area (Å²) in [4.78, 5) is 0. The van der Waals surface area contributed by atoms with Gasteiger partial charge in [-0.25, -0.2) is 0 Å². The van der Waals surface area contributed by atoms with Crippen LogP contribution in [0.15, 0.2) is 24.8 Å². The largest absolute Gasteiger partial charge is 0.497 e. The van der Waals surface area contributed by atoms with E-state index in [9.17, 15) is 0 Å². The molecule has 0 radical (unpaired) electrons. The predicted molar refractivity (Wildman–Crippen MR) is 47.8 cm³/mol. The van der Waals surface area contributed by atoms with Gasteiger partial charge in [0.15, 0.2) is 0 Å². The monoisotopic (exact) mass is 159 g/mol. The van der Waals surface area contributed by atoms with Gasteiger partial charge in [-0.05, 0) is 23.8 Å². The molecule has 0 saturated heterocycles. The molecule has 1 aromatic carbocycles. The van der Waals surface area contributed by atoms with Crippen LogP contribution in [0.1, 0.15) is 11.1 Å². The number of benzene rings is 1. The van der Waals surface area contributed by atoms with Gasteiger partial charge in [0.05, 0.1) is 18.7 Å². The van der Waals surface area contributed by atoms with Crippen molar-refractivity contribution in [3.8, 4) is 11.8 Å². The maximum absolute atomic E-state index is 8.67. The molecule has 0 atom stereocenters. The van der Waals surface area contributed by atoms with E-state index < -0.39 is 0 Å². The molecule has 0 bridgehead atoms. The van der Waals surface area contributed by atoms with E-state index in [0.717, 1.165) is 11.3 Å². The molecule has 60 valence electrons. The minimum atomic E-state index is 0.616. The van der Waals surface area contributed by atoms with Crippen molar-refractivity contribution < 1.29 is 4.74 Å². The van der Waals surface area contributed by atoms with Crippen LogP contribution in [0.3, 0.4) is 0 Å². The Bertz CT molecular complexity index is 336. The highest BCUT2D eigenvalue weighted by Crippen LogP contribution is 2.17. The average Bonchev–Trinajstić information content (AvgIpc) is 2.16. The van der Waals surface area contributed by atoms with Crippen LogP contribution in [-0.4, -0.2) is 7.11 Å². The summed E-state index contributed by atoms with van der Waals surface area (Å²) in [5.41, 5.74) is 1.42. The van der Waals surface area contributed by atoms with Crippen molar-refractivity contribution in [2.75, 3.05) is 7.11 Å². The molecular weight excluding hydrogens is 150 g/mol. The standard InChI is InChI=1S/C10H9NO/c1-3-8-6-10(12-2)5-4-9(8)7-11/h3-6H,1H2,2H3. The summed E-state index contributed by atoms with van der Waals surface area (Å²) in [6.45, 7) is 3.61. The number of hydrogen-bond acceptors (Lipinski definition) is 2. The number of methoxy groups -OCH3 is 1. The zero-order chi connectivity index (χ0) is 8.97. The van der Waals surface area contributed by atoms with Crippen molar-refractivity contribution in [2.45, 2.75) is 0 Å². The Labute approximate surface area is 71.7 Å². The maximum Gasteiger partial charge on any atom is 0.119 e. The Morgan fingerprint density at radius 3 is 2.83 bits per heavy atom. The summed E-state index contributed by atoms with van der Waals surface area (Å²) in [7, 11) is 1.59. The first-order valence-corrected chi connectivity index (χ1v) is 3.52. The molecule has 0 aliphatic carbocycles. The molecule has 2 nitrogen and oxygen atoms in total. The lowest BCUT2D eigenvalue weighted by molar-refractivity contribution is 0.414. The topological polar surface area (TPSA) is 33.0 Å². The van der Waals surface area contributed by atoms with Crippen molar-refractivity contribution in [1.29, 1.82) is 5.26 Å². The van der Waals surface area contributed by atoms with Crippen LogP contribution in [0.5, 0.6) is 5.75 Å². The van der Waals surface area contributed by atoms with Gasteiger partial charge in [0, 0.05) is 0 Å². The molecule has 12 heavy (non-hydrogen) atoms. The minimum Gasteiger partial charge on any atom is -0.497 e. The molecule has 0 spiro atoms. The quantitative estimate of drug-likeness (QED) is 0.662. The fourth-order valence-corrected chi connectivity index (χ4v) is 0.938. The molecule has 0 saturated carbocycles. The number of hydrogen-bond donors (Lipinski definition) is 0. The zero-order valence-corrected chi connectivity index (χ0v) is 6.87. The van der Waals surface area contributed by atoms with Gasteiger partial charge in [-0.2, -0.15) is 5.26 Å². The lowest BCUT2D eigenvalue weighted by Crippen LogP contribution is -1.86. The molecule has 0 N–H and O–H groups in total. The van der Waals surface area contributed by atoms with Gasteiger partial charge >= 0.3 is 0 Å². The summed E-state index contributed by atoms with van der Waals surface area (Å²) in [5.74, 6) is 0.740. The molecule has 0 aromatic heterocycles. The molecular formula is C10H9NO. The highest BCUT2D eigenvalue weighted by atomic mass is 16.5. The number of nitriles is 1. The van der Waals surface area contributed by atoms with Crippen LogP contribution in [0.25, 0.3) is 6.08 Å². The Morgan fingerprint density at radius 1 is 1.58 bits per heavy atom. The van der Waals surface area contributed by atoms with Crippen LogP contribution >= 0.6 is 0 Å². The Hall–Kier alpha value is -1.75. The van der Waals surface area contributed by atoms with E-state index in [0.29, 0.717) is 5.56 Å². The maximum atomic E-state index is 8.67. The van der Waals surface area contributed by atoms with Gasteiger partial charge in [-0.15, -0.1) is 0 Å². The lowest BCUT2D eigenvalue weighted by Gasteiger charge is -2.01. The van der Waals surface area contributed by atoms with E-state index in [1.54, 1.807) is 31.4 Å². The van der Waals surface area contributed by atoms with Crippen molar-refractivity contribution in [1.82, 2.24) is 0 Å². The minimum absolute atomic E-state index is 0.616. The molecule has 0 amide bonds. The molecule has 1 rings (SSSR count). The first-order valence-electron chi connectivity index (χ1n) is 3.52. The SMILES string of the molecule is C=Cc1cc(OC)ccc1C#N. The predicted octanol–water partition coefficient (Wildman–Crippen LogP) is 2.21. The first-order chi connectivity index (χ1) is 5.81. The van der Waals surface area contributed by atoms with Gasteiger partial charge in [-0.3, -0.25) is 0 Å². The first kappa shape index (κ1) is 8.35. The van der Waals surface area contributed by atoms with E-state index in [-0.39, 0.29) is 0 Å². The van der Waals surface area contributed by atoms with Crippen molar-refractivity contribution in [2.24, 2.45) is 0 Å². The van der Waals surface area contributed by atoms with Crippen molar-refractivity contribution >= 4 is 6.08 Å². The molecule has 1 aromatic rings. The van der Waals surface area contributed by atoms with Gasteiger partial charge in [0.2, 0.25) is 0 Å². The third-order valence-corrected chi connectivity index (χ3v) is 1.60. The number of ether oxygens (including phenoxy) is 1. The second-order valence-corrected chi connectivity index (χ2v) is 2.27. The normalized spacial score (nSPS) is 8.67. The zero-order valence-electron chi connectivity index (χ0n) is 6.87. The molecule has 2 heteroatoms. The Kier molecular flexibility index (Phi) is 2.49. The summed E-state index contributed by atoms with van der Waals surface area (Å²) < 4.78 is 5.00. The van der Waals surface area contributed by atoms with Crippen LogP contribution < -0.4 is 4.74 Å². The van der Waals surface area contributed by atoms with Crippen LogP contribution in [0, 0.1) is 11.3 Å². The summed E-state index contributed by atoms with van der Waals surface area (Å²) in [6, 6.07) is 7.33. The third kappa shape index (κ3) is 1.46. The fourth-order valence-electron chi connectivity index (χ4n) is 0.938. The van der Waals surface area contributed by atoms with Crippen LogP contribution in [0.2, 0.25) is 0 Å². The molecule has 0 unspecified atom stereocenters. The number of rotatable bonds is 2. The Balaban J connectivity index is 3.21. The van der Waals surface area contributed by atoms with Crippen molar-refractivity contribution in [3.05, 3.63) is 35.9 Å². The van der Waals surface area contributed by atoms with E-state index in [1.165, 1.54) is 0 Å². The van der Waals surface area contributed by atoms with E-state index in [2.05, 4.69) is 12.6 Å². The smallest absolute Gasteiger partial charge is 0.119 e. The molecule has 0 heterocycles.